The van der Waals surface area contributed by atoms with E-state index in [9.17, 15) is 4.39 Å². The van der Waals surface area contributed by atoms with E-state index in [1.54, 1.807) is 0 Å². The van der Waals surface area contributed by atoms with Crippen molar-refractivity contribution in [2.45, 2.75) is 49.9 Å². The summed E-state index contributed by atoms with van der Waals surface area (Å²) < 4.78 is 14.6. The van der Waals surface area contributed by atoms with E-state index in [0.717, 1.165) is 24.9 Å². The van der Waals surface area contributed by atoms with Crippen LogP contribution in [0, 0.1) is 5.92 Å². The van der Waals surface area contributed by atoms with E-state index in [1.807, 2.05) is 30.3 Å². The van der Waals surface area contributed by atoms with E-state index in [4.69, 9.17) is 5.73 Å². The highest BCUT2D eigenvalue weighted by Gasteiger charge is 2.56. The molecule has 3 N–H and O–H groups in total. The van der Waals surface area contributed by atoms with Crippen LogP contribution >= 0.6 is 0 Å². The Morgan fingerprint density at radius 2 is 1.84 bits per heavy atom. The van der Waals surface area contributed by atoms with Crippen LogP contribution in [0.5, 0.6) is 0 Å². The van der Waals surface area contributed by atoms with Gasteiger partial charge in [-0.3, -0.25) is 0 Å². The SMILES string of the molecule is NC1CCC(CN[C@@H]2C[C@@]2(F)c2ccccc2)CC1. The summed E-state index contributed by atoms with van der Waals surface area (Å²) in [4.78, 5) is 0. The third-order valence-corrected chi connectivity index (χ3v) is 4.69. The van der Waals surface area contributed by atoms with Crippen LogP contribution in [0.1, 0.15) is 37.7 Å². The van der Waals surface area contributed by atoms with Crippen LogP contribution in [0.2, 0.25) is 0 Å². The molecule has 0 saturated heterocycles. The minimum absolute atomic E-state index is 0.00509. The molecule has 3 heteroatoms. The molecule has 19 heavy (non-hydrogen) atoms. The number of nitrogens with one attached hydrogen (secondary N) is 1. The molecule has 0 amide bonds. The zero-order valence-electron chi connectivity index (χ0n) is 11.3. The number of hydrogen-bond donors (Lipinski definition) is 2. The van der Waals surface area contributed by atoms with Crippen molar-refractivity contribution in [3.05, 3.63) is 35.9 Å². The van der Waals surface area contributed by atoms with Crippen LogP contribution in [0.15, 0.2) is 30.3 Å². The maximum atomic E-state index is 14.6. The van der Waals surface area contributed by atoms with Crippen molar-refractivity contribution >= 4 is 0 Å². The number of alkyl halides is 1. The van der Waals surface area contributed by atoms with Gasteiger partial charge in [0, 0.05) is 18.5 Å². The zero-order chi connectivity index (χ0) is 13.3. The normalized spacial score (nSPS) is 38.1. The maximum absolute atomic E-state index is 14.6. The summed E-state index contributed by atoms with van der Waals surface area (Å²) in [5, 5.41) is 3.41. The number of nitrogens with two attached hydrogens (primary N) is 1. The van der Waals surface area contributed by atoms with E-state index in [0.29, 0.717) is 18.4 Å². The fourth-order valence-corrected chi connectivity index (χ4v) is 3.21. The van der Waals surface area contributed by atoms with Crippen LogP contribution < -0.4 is 11.1 Å². The molecule has 0 bridgehead atoms. The van der Waals surface area contributed by atoms with Gasteiger partial charge in [0.15, 0.2) is 5.67 Å². The molecule has 0 heterocycles. The van der Waals surface area contributed by atoms with Gasteiger partial charge in [-0.15, -0.1) is 0 Å². The summed E-state index contributed by atoms with van der Waals surface area (Å²) in [6.45, 7) is 0.940. The van der Waals surface area contributed by atoms with E-state index in [-0.39, 0.29) is 6.04 Å². The van der Waals surface area contributed by atoms with Gasteiger partial charge in [-0.1, -0.05) is 30.3 Å². The molecule has 104 valence electrons. The molecule has 2 atom stereocenters. The van der Waals surface area contributed by atoms with Gasteiger partial charge in [0.2, 0.25) is 0 Å². The summed E-state index contributed by atoms with van der Waals surface area (Å²) in [7, 11) is 0. The third kappa shape index (κ3) is 2.82. The van der Waals surface area contributed by atoms with Crippen molar-refractivity contribution in [3.8, 4) is 0 Å². The van der Waals surface area contributed by atoms with Crippen LogP contribution in [0.25, 0.3) is 0 Å². The van der Waals surface area contributed by atoms with E-state index >= 15 is 0 Å². The molecule has 2 aliphatic carbocycles. The number of benzene rings is 1. The molecule has 2 aliphatic rings. The average Bonchev–Trinajstić information content (AvgIpc) is 3.12. The maximum Gasteiger partial charge on any atom is 0.152 e. The standard InChI is InChI=1S/C16H23FN2/c17-16(13-4-2-1-3-5-13)10-15(16)19-11-12-6-8-14(18)9-7-12/h1-5,12,14-15,19H,6-11,18H2/t12?,14?,15-,16-/m1/s1. The van der Waals surface area contributed by atoms with Gasteiger partial charge >= 0.3 is 0 Å². The van der Waals surface area contributed by atoms with Gasteiger partial charge in [0.25, 0.3) is 0 Å². The summed E-state index contributed by atoms with van der Waals surface area (Å²) in [5.74, 6) is 0.681. The van der Waals surface area contributed by atoms with Gasteiger partial charge in [0.05, 0.1) is 0 Å². The van der Waals surface area contributed by atoms with Gasteiger partial charge in [-0.05, 0) is 43.7 Å². The molecule has 0 spiro atoms. The summed E-state index contributed by atoms with van der Waals surface area (Å²) in [6.07, 6.45) is 5.23. The molecule has 2 nitrogen and oxygen atoms in total. The lowest BCUT2D eigenvalue weighted by Crippen LogP contribution is -2.33. The monoisotopic (exact) mass is 262 g/mol. The Bertz CT molecular complexity index is 414. The minimum Gasteiger partial charge on any atom is -0.328 e. The largest absolute Gasteiger partial charge is 0.328 e. The summed E-state index contributed by atoms with van der Waals surface area (Å²) in [6, 6.07) is 9.93. The number of hydrogen-bond acceptors (Lipinski definition) is 2. The molecule has 2 saturated carbocycles. The van der Waals surface area contributed by atoms with Crippen molar-refractivity contribution < 1.29 is 4.39 Å². The van der Waals surface area contributed by atoms with Gasteiger partial charge in [-0.2, -0.15) is 0 Å². The van der Waals surface area contributed by atoms with Gasteiger partial charge in [-0.25, -0.2) is 4.39 Å². The van der Waals surface area contributed by atoms with Crippen LogP contribution in [-0.2, 0) is 5.67 Å². The van der Waals surface area contributed by atoms with Crippen LogP contribution in [0.3, 0.4) is 0 Å². The molecule has 1 aromatic rings. The van der Waals surface area contributed by atoms with Crippen LogP contribution in [0.4, 0.5) is 4.39 Å². The van der Waals surface area contributed by atoms with E-state index in [2.05, 4.69) is 5.32 Å². The first-order valence-corrected chi connectivity index (χ1v) is 7.42. The first-order chi connectivity index (χ1) is 9.18. The predicted octanol–water partition coefficient (Wildman–Crippen LogP) is 2.73. The first kappa shape index (κ1) is 13.1. The Kier molecular flexibility index (Phi) is 3.59. The third-order valence-electron chi connectivity index (χ3n) is 4.69. The Hall–Kier alpha value is -0.930. The van der Waals surface area contributed by atoms with Gasteiger partial charge < -0.3 is 11.1 Å². The second kappa shape index (κ2) is 5.22. The topological polar surface area (TPSA) is 38.0 Å². The van der Waals surface area contributed by atoms with Crippen molar-refractivity contribution in [2.75, 3.05) is 6.54 Å². The number of rotatable bonds is 4. The molecule has 2 fully saturated rings. The zero-order valence-corrected chi connectivity index (χ0v) is 11.3. The molecular weight excluding hydrogens is 239 g/mol. The fraction of sp³-hybridized carbons (Fsp3) is 0.625. The summed E-state index contributed by atoms with van der Waals surface area (Å²) in [5.41, 5.74) is 5.59. The quantitative estimate of drug-likeness (QED) is 0.875. The average molecular weight is 262 g/mol. The molecule has 0 unspecified atom stereocenters. The number of halogens is 1. The molecular formula is C16H23FN2. The lowest BCUT2D eigenvalue weighted by atomic mass is 9.86. The minimum atomic E-state index is -1.13. The molecule has 0 radical (unpaired) electrons. The molecule has 1 aromatic carbocycles. The Morgan fingerprint density at radius 1 is 1.16 bits per heavy atom. The molecule has 0 aromatic heterocycles. The highest BCUT2D eigenvalue weighted by atomic mass is 19.1. The smallest absolute Gasteiger partial charge is 0.152 e. The Balaban J connectivity index is 1.48. The van der Waals surface area contributed by atoms with Gasteiger partial charge in [0.1, 0.15) is 0 Å². The predicted molar refractivity (Wildman–Crippen MR) is 75.6 cm³/mol. The summed E-state index contributed by atoms with van der Waals surface area (Å²) >= 11 is 0. The highest BCUT2D eigenvalue weighted by Crippen LogP contribution is 2.49. The van der Waals surface area contributed by atoms with E-state index in [1.165, 1.54) is 12.8 Å². The molecule has 0 aliphatic heterocycles. The first-order valence-electron chi connectivity index (χ1n) is 7.42. The Morgan fingerprint density at radius 3 is 2.53 bits per heavy atom. The lowest BCUT2D eigenvalue weighted by Gasteiger charge is -2.26. The second-order valence-corrected chi connectivity index (χ2v) is 6.17. The fourth-order valence-electron chi connectivity index (χ4n) is 3.21. The second-order valence-electron chi connectivity index (χ2n) is 6.17. The van der Waals surface area contributed by atoms with Crippen molar-refractivity contribution in [3.63, 3.8) is 0 Å². The van der Waals surface area contributed by atoms with Crippen molar-refractivity contribution in [1.29, 1.82) is 0 Å². The highest BCUT2D eigenvalue weighted by molar-refractivity contribution is 5.32. The lowest BCUT2D eigenvalue weighted by molar-refractivity contribution is 0.273. The molecule has 3 rings (SSSR count). The van der Waals surface area contributed by atoms with Crippen LogP contribution in [-0.4, -0.2) is 18.6 Å². The Labute approximate surface area is 114 Å². The van der Waals surface area contributed by atoms with E-state index < -0.39 is 5.67 Å². The van der Waals surface area contributed by atoms with Crippen molar-refractivity contribution in [1.82, 2.24) is 5.32 Å². The van der Waals surface area contributed by atoms with Crippen molar-refractivity contribution in [2.24, 2.45) is 11.7 Å².